The van der Waals surface area contributed by atoms with Gasteiger partial charge in [0.25, 0.3) is 0 Å². The average molecular weight is 479 g/mol. The summed E-state index contributed by atoms with van der Waals surface area (Å²) < 4.78 is 2.36. The van der Waals surface area contributed by atoms with E-state index >= 15 is 0 Å². The Morgan fingerprint density at radius 3 is 2.00 bits per heavy atom. The van der Waals surface area contributed by atoms with E-state index in [2.05, 4.69) is 11.5 Å². The lowest BCUT2D eigenvalue weighted by Gasteiger charge is -2.18. The lowest BCUT2D eigenvalue weighted by atomic mass is 10.1. The largest absolute Gasteiger partial charge is 0.508 e. The van der Waals surface area contributed by atoms with Crippen LogP contribution in [0.5, 0.6) is 11.5 Å². The number of rotatable bonds is 14. The van der Waals surface area contributed by atoms with Gasteiger partial charge in [-0.25, -0.2) is 0 Å². The number of phenolic OH excluding ortho intramolecular Hbond substituents is 2. The molecule has 0 aliphatic heterocycles. The van der Waals surface area contributed by atoms with Crippen molar-refractivity contribution >= 4 is 16.8 Å². The predicted molar refractivity (Wildman–Crippen MR) is 145 cm³/mol. The Balaban J connectivity index is 1.47. The van der Waals surface area contributed by atoms with Crippen molar-refractivity contribution in [1.29, 1.82) is 0 Å². The molecule has 190 valence electrons. The molecule has 3 aromatic rings. The van der Waals surface area contributed by atoms with Crippen molar-refractivity contribution in [3.05, 3.63) is 48.0 Å². The Morgan fingerprint density at radius 2 is 1.37 bits per heavy atom. The number of hydrogen-bond acceptors (Lipinski definition) is 3. The molecule has 0 saturated heterocycles. The highest BCUT2D eigenvalue weighted by molar-refractivity contribution is 5.92. The summed E-state index contributed by atoms with van der Waals surface area (Å²) in [7, 11) is 0. The van der Waals surface area contributed by atoms with Gasteiger partial charge in [-0.15, -0.1) is 0 Å². The summed E-state index contributed by atoms with van der Waals surface area (Å²) in [5, 5.41) is 20.8. The Labute approximate surface area is 210 Å². The van der Waals surface area contributed by atoms with Crippen LogP contribution in [-0.4, -0.2) is 38.7 Å². The summed E-state index contributed by atoms with van der Waals surface area (Å²) in [4.78, 5) is 14.0. The highest BCUT2D eigenvalue weighted by Crippen LogP contribution is 2.36. The zero-order valence-corrected chi connectivity index (χ0v) is 21.7. The van der Waals surface area contributed by atoms with Crippen LogP contribution in [0.3, 0.4) is 0 Å². The second-order valence-corrected chi connectivity index (χ2v) is 9.52. The van der Waals surface area contributed by atoms with Crippen molar-refractivity contribution in [3.63, 3.8) is 0 Å². The number of hydrogen-bond donors (Lipinski definition) is 2. The van der Waals surface area contributed by atoms with E-state index in [9.17, 15) is 15.0 Å². The number of carbonyl (C=O) groups is 1. The first kappa shape index (κ1) is 26.7. The topological polar surface area (TPSA) is 65.7 Å². The minimum Gasteiger partial charge on any atom is -0.508 e. The van der Waals surface area contributed by atoms with Gasteiger partial charge in [0.2, 0.25) is 5.91 Å². The predicted octanol–water partition coefficient (Wildman–Crippen LogP) is 7.41. The molecule has 0 atom stereocenters. The van der Waals surface area contributed by atoms with E-state index in [1.807, 2.05) is 43.0 Å². The molecule has 1 amide bonds. The van der Waals surface area contributed by atoms with E-state index in [0.717, 1.165) is 66.6 Å². The van der Waals surface area contributed by atoms with E-state index in [0.29, 0.717) is 12.3 Å². The molecular weight excluding hydrogens is 436 g/mol. The maximum Gasteiger partial charge on any atom is 0.222 e. The van der Waals surface area contributed by atoms with E-state index in [1.165, 1.54) is 32.1 Å². The molecule has 0 bridgehead atoms. The lowest BCUT2D eigenvalue weighted by Crippen LogP contribution is -2.30. The van der Waals surface area contributed by atoms with Gasteiger partial charge < -0.3 is 19.7 Å². The van der Waals surface area contributed by atoms with Crippen LogP contribution in [0.25, 0.3) is 22.2 Å². The smallest absolute Gasteiger partial charge is 0.222 e. The minimum atomic E-state index is 0.266. The molecule has 0 saturated carbocycles. The molecule has 5 nitrogen and oxygen atoms in total. The third kappa shape index (κ3) is 7.03. The van der Waals surface area contributed by atoms with Crippen LogP contribution in [0.2, 0.25) is 0 Å². The molecule has 2 aromatic carbocycles. The number of unbranched alkanes of at least 4 members (excludes halogenated alkanes) is 7. The van der Waals surface area contributed by atoms with E-state index in [4.69, 9.17) is 0 Å². The Morgan fingerprint density at radius 1 is 0.800 bits per heavy atom. The molecule has 2 N–H and O–H groups in total. The Kier molecular flexibility index (Phi) is 10.1. The molecule has 1 heterocycles. The summed E-state index contributed by atoms with van der Waals surface area (Å²) in [5.41, 5.74) is 4.53. The van der Waals surface area contributed by atoms with E-state index in [1.54, 1.807) is 18.2 Å². The summed E-state index contributed by atoms with van der Waals surface area (Å²) in [6.45, 7) is 8.74. The molecule has 0 aliphatic carbocycles. The van der Waals surface area contributed by atoms with Crippen LogP contribution in [0.1, 0.15) is 77.2 Å². The van der Waals surface area contributed by atoms with Crippen molar-refractivity contribution in [1.82, 2.24) is 9.47 Å². The number of aromatic hydroxyl groups is 2. The standard InChI is InChI=1S/C30H42N2O3/c1-4-31(5-2)29(35)14-12-10-8-6-7-9-11-13-21-32-28-20-19-26(34)22-27(28)23(3)30(32)24-15-17-25(33)18-16-24/h15-20,22,33-34H,4-14,21H2,1-3H3. The molecule has 3 rings (SSSR count). The minimum absolute atomic E-state index is 0.266. The summed E-state index contributed by atoms with van der Waals surface area (Å²) in [6.07, 6.45) is 10.0. The van der Waals surface area contributed by atoms with Crippen molar-refractivity contribution in [2.45, 2.75) is 85.1 Å². The van der Waals surface area contributed by atoms with E-state index < -0.39 is 0 Å². The zero-order valence-electron chi connectivity index (χ0n) is 21.7. The van der Waals surface area contributed by atoms with Gasteiger partial charge in [-0.05, 0) is 87.2 Å². The van der Waals surface area contributed by atoms with Crippen LogP contribution >= 0.6 is 0 Å². The van der Waals surface area contributed by atoms with Crippen LogP contribution in [0.15, 0.2) is 42.5 Å². The first-order valence-corrected chi connectivity index (χ1v) is 13.3. The fourth-order valence-corrected chi connectivity index (χ4v) is 5.08. The number of carbonyl (C=O) groups excluding carboxylic acids is 1. The quantitative estimate of drug-likeness (QED) is 0.237. The number of aromatic nitrogens is 1. The fraction of sp³-hybridized carbons (Fsp3) is 0.500. The first-order valence-electron chi connectivity index (χ1n) is 13.3. The summed E-state index contributed by atoms with van der Waals surface area (Å²) in [5.74, 6) is 0.847. The number of benzene rings is 2. The SMILES string of the molecule is CCN(CC)C(=O)CCCCCCCCCCn1c(-c2ccc(O)cc2)c(C)c2cc(O)ccc21. The number of nitrogens with zero attached hydrogens (tertiary/aromatic N) is 2. The number of fused-ring (bicyclic) bond motifs is 1. The number of phenols is 2. The number of aryl methyl sites for hydroxylation is 2. The monoisotopic (exact) mass is 478 g/mol. The molecule has 0 aliphatic rings. The first-order chi connectivity index (χ1) is 17.0. The molecular formula is C30H42N2O3. The highest BCUT2D eigenvalue weighted by Gasteiger charge is 2.16. The molecule has 0 spiro atoms. The van der Waals surface area contributed by atoms with E-state index in [-0.39, 0.29) is 11.5 Å². The Hall–Kier alpha value is -2.95. The maximum absolute atomic E-state index is 12.1. The van der Waals surface area contributed by atoms with Crippen LogP contribution in [-0.2, 0) is 11.3 Å². The normalized spacial score (nSPS) is 11.3. The molecule has 0 fully saturated rings. The van der Waals surface area contributed by atoms with Crippen molar-refractivity contribution in [2.75, 3.05) is 13.1 Å². The van der Waals surface area contributed by atoms with Gasteiger partial charge >= 0.3 is 0 Å². The maximum atomic E-state index is 12.1. The van der Waals surface area contributed by atoms with Crippen molar-refractivity contribution in [3.8, 4) is 22.8 Å². The van der Waals surface area contributed by atoms with Gasteiger partial charge in [0.1, 0.15) is 11.5 Å². The van der Waals surface area contributed by atoms with Gasteiger partial charge in [-0.1, -0.05) is 38.5 Å². The Bertz CT molecular complexity index is 1080. The van der Waals surface area contributed by atoms with Crippen molar-refractivity contribution < 1.29 is 15.0 Å². The molecule has 0 radical (unpaired) electrons. The second-order valence-electron chi connectivity index (χ2n) is 9.52. The van der Waals surface area contributed by atoms with Gasteiger partial charge in [0.15, 0.2) is 0 Å². The summed E-state index contributed by atoms with van der Waals surface area (Å²) >= 11 is 0. The van der Waals surface area contributed by atoms with Gasteiger partial charge in [0, 0.05) is 37.0 Å². The van der Waals surface area contributed by atoms with Gasteiger partial charge in [-0.3, -0.25) is 4.79 Å². The third-order valence-electron chi connectivity index (χ3n) is 7.08. The molecule has 35 heavy (non-hydrogen) atoms. The third-order valence-corrected chi connectivity index (χ3v) is 7.08. The molecule has 0 unspecified atom stereocenters. The fourth-order valence-electron chi connectivity index (χ4n) is 5.08. The van der Waals surface area contributed by atoms with Crippen LogP contribution < -0.4 is 0 Å². The summed E-state index contributed by atoms with van der Waals surface area (Å²) in [6, 6.07) is 13.0. The molecule has 1 aromatic heterocycles. The van der Waals surface area contributed by atoms with Crippen molar-refractivity contribution in [2.24, 2.45) is 0 Å². The molecule has 5 heteroatoms. The second kappa shape index (κ2) is 13.2. The lowest BCUT2D eigenvalue weighted by molar-refractivity contribution is -0.130. The highest BCUT2D eigenvalue weighted by atomic mass is 16.3. The van der Waals surface area contributed by atoms with Gasteiger partial charge in [-0.2, -0.15) is 0 Å². The zero-order chi connectivity index (χ0) is 25.2. The van der Waals surface area contributed by atoms with Crippen LogP contribution in [0.4, 0.5) is 0 Å². The average Bonchev–Trinajstić information content (AvgIpc) is 3.12. The van der Waals surface area contributed by atoms with Crippen LogP contribution in [0, 0.1) is 6.92 Å². The van der Waals surface area contributed by atoms with Gasteiger partial charge in [0.05, 0.1) is 5.69 Å². The number of amides is 1.